The van der Waals surface area contributed by atoms with Crippen LogP contribution in [-0.2, 0) is 9.59 Å². The summed E-state index contributed by atoms with van der Waals surface area (Å²) in [5.41, 5.74) is 0. The summed E-state index contributed by atoms with van der Waals surface area (Å²) in [6.45, 7) is 4.55. The summed E-state index contributed by atoms with van der Waals surface area (Å²) in [4.78, 5) is 26.1. The summed E-state index contributed by atoms with van der Waals surface area (Å²) in [5.74, 6) is -0.603. The molecule has 6 nitrogen and oxygen atoms in total. The van der Waals surface area contributed by atoms with Gasteiger partial charge in [0.1, 0.15) is 0 Å². The van der Waals surface area contributed by atoms with Crippen LogP contribution in [0.2, 0.25) is 0 Å². The molecule has 1 amide bonds. The van der Waals surface area contributed by atoms with Gasteiger partial charge < -0.3 is 10.4 Å². The maximum absolute atomic E-state index is 11.1. The summed E-state index contributed by atoms with van der Waals surface area (Å²) in [7, 11) is 0. The number of rotatable bonds is 4. The molecule has 2 aliphatic rings. The lowest BCUT2D eigenvalue weighted by Gasteiger charge is -2.23. The van der Waals surface area contributed by atoms with E-state index in [-0.39, 0.29) is 18.5 Å². The van der Waals surface area contributed by atoms with E-state index in [1.165, 1.54) is 0 Å². The Morgan fingerprint density at radius 1 is 1.28 bits per heavy atom. The van der Waals surface area contributed by atoms with Crippen molar-refractivity contribution in [1.82, 2.24) is 15.1 Å². The van der Waals surface area contributed by atoms with Crippen molar-refractivity contribution in [3.05, 3.63) is 0 Å². The van der Waals surface area contributed by atoms with Crippen LogP contribution in [0.4, 0.5) is 0 Å². The van der Waals surface area contributed by atoms with Gasteiger partial charge in [-0.2, -0.15) is 0 Å². The van der Waals surface area contributed by atoms with Crippen molar-refractivity contribution >= 4 is 11.9 Å². The predicted molar refractivity (Wildman–Crippen MR) is 66.3 cm³/mol. The highest BCUT2D eigenvalue weighted by Crippen LogP contribution is 2.10. The van der Waals surface area contributed by atoms with E-state index in [1.54, 1.807) is 0 Å². The first-order chi connectivity index (χ1) is 8.63. The van der Waals surface area contributed by atoms with Gasteiger partial charge in [0.2, 0.25) is 5.91 Å². The number of carbonyl (C=O) groups is 2. The lowest BCUT2D eigenvalue weighted by Crippen LogP contribution is -2.40. The first-order valence-corrected chi connectivity index (χ1v) is 6.59. The zero-order valence-electron chi connectivity index (χ0n) is 10.6. The second-order valence-electron chi connectivity index (χ2n) is 5.13. The highest BCUT2D eigenvalue weighted by atomic mass is 16.4. The van der Waals surface area contributed by atoms with Gasteiger partial charge >= 0.3 is 5.97 Å². The van der Waals surface area contributed by atoms with Crippen molar-refractivity contribution in [1.29, 1.82) is 0 Å². The Kier molecular flexibility index (Phi) is 4.54. The predicted octanol–water partition coefficient (Wildman–Crippen LogP) is -0.643. The minimum Gasteiger partial charge on any atom is -0.480 e. The van der Waals surface area contributed by atoms with E-state index < -0.39 is 5.97 Å². The SMILES string of the molecule is O=C(O)CN1CCCN(CC2CCC(=O)N2)CC1. The third-order valence-corrected chi connectivity index (χ3v) is 3.60. The zero-order chi connectivity index (χ0) is 13.0. The van der Waals surface area contributed by atoms with Crippen LogP contribution in [0.15, 0.2) is 0 Å². The van der Waals surface area contributed by atoms with E-state index >= 15 is 0 Å². The van der Waals surface area contributed by atoms with Crippen molar-refractivity contribution in [2.75, 3.05) is 39.3 Å². The molecule has 0 aromatic rings. The van der Waals surface area contributed by atoms with Gasteiger partial charge in [0, 0.05) is 38.6 Å². The molecule has 0 saturated carbocycles. The molecule has 0 radical (unpaired) electrons. The Labute approximate surface area is 107 Å². The summed E-state index contributed by atoms with van der Waals surface area (Å²) in [5, 5.41) is 11.8. The molecule has 2 heterocycles. The average molecular weight is 255 g/mol. The van der Waals surface area contributed by atoms with Crippen LogP contribution < -0.4 is 5.32 Å². The molecule has 102 valence electrons. The topological polar surface area (TPSA) is 72.9 Å². The molecule has 2 N–H and O–H groups in total. The fraction of sp³-hybridized carbons (Fsp3) is 0.833. The number of hydrogen-bond acceptors (Lipinski definition) is 4. The van der Waals surface area contributed by atoms with Gasteiger partial charge in [0.15, 0.2) is 0 Å². The quantitative estimate of drug-likeness (QED) is 0.699. The van der Waals surface area contributed by atoms with E-state index in [0.29, 0.717) is 6.42 Å². The molecular weight excluding hydrogens is 234 g/mol. The van der Waals surface area contributed by atoms with E-state index in [4.69, 9.17) is 5.11 Å². The molecule has 0 aliphatic carbocycles. The van der Waals surface area contributed by atoms with Crippen molar-refractivity contribution in [3.63, 3.8) is 0 Å². The average Bonchev–Trinajstić information content (AvgIpc) is 2.57. The molecular formula is C12H21N3O3. The minimum absolute atomic E-state index is 0.133. The van der Waals surface area contributed by atoms with Gasteiger partial charge in [0.05, 0.1) is 6.54 Å². The molecule has 1 unspecified atom stereocenters. The lowest BCUT2D eigenvalue weighted by molar-refractivity contribution is -0.138. The standard InChI is InChI=1S/C12H21N3O3/c16-11-3-2-10(13-11)8-14-4-1-5-15(7-6-14)9-12(17)18/h10H,1-9H2,(H,13,16)(H,17,18). The maximum atomic E-state index is 11.1. The van der Waals surface area contributed by atoms with Crippen LogP contribution in [-0.4, -0.2) is 72.1 Å². The second-order valence-corrected chi connectivity index (χ2v) is 5.13. The normalized spacial score (nSPS) is 26.9. The van der Waals surface area contributed by atoms with Gasteiger partial charge in [-0.15, -0.1) is 0 Å². The van der Waals surface area contributed by atoms with E-state index in [2.05, 4.69) is 10.2 Å². The van der Waals surface area contributed by atoms with Crippen LogP contribution in [0.1, 0.15) is 19.3 Å². The number of nitrogens with zero attached hydrogens (tertiary/aromatic N) is 2. The fourth-order valence-electron chi connectivity index (χ4n) is 2.68. The zero-order valence-corrected chi connectivity index (χ0v) is 10.6. The van der Waals surface area contributed by atoms with Crippen LogP contribution in [0.3, 0.4) is 0 Å². The number of carboxylic acids is 1. The molecule has 6 heteroatoms. The van der Waals surface area contributed by atoms with Crippen LogP contribution in [0, 0.1) is 0 Å². The van der Waals surface area contributed by atoms with E-state index in [0.717, 1.165) is 45.6 Å². The number of amides is 1. The highest BCUT2D eigenvalue weighted by Gasteiger charge is 2.24. The Bertz CT molecular complexity index is 322. The molecule has 2 saturated heterocycles. The lowest BCUT2D eigenvalue weighted by atomic mass is 10.2. The van der Waals surface area contributed by atoms with E-state index in [9.17, 15) is 9.59 Å². The smallest absolute Gasteiger partial charge is 0.317 e. The Morgan fingerprint density at radius 3 is 2.67 bits per heavy atom. The summed E-state index contributed by atoms with van der Waals surface area (Å²) in [6.07, 6.45) is 2.56. The summed E-state index contributed by atoms with van der Waals surface area (Å²) in [6, 6.07) is 0.281. The van der Waals surface area contributed by atoms with Crippen molar-refractivity contribution < 1.29 is 14.7 Å². The molecule has 0 aromatic carbocycles. The van der Waals surface area contributed by atoms with Crippen molar-refractivity contribution in [3.8, 4) is 0 Å². The fourth-order valence-corrected chi connectivity index (χ4v) is 2.68. The minimum atomic E-state index is -0.758. The van der Waals surface area contributed by atoms with E-state index in [1.807, 2.05) is 4.90 Å². The molecule has 0 spiro atoms. The second kappa shape index (κ2) is 6.15. The summed E-state index contributed by atoms with van der Waals surface area (Å²) >= 11 is 0. The molecule has 1 atom stereocenters. The number of hydrogen-bond donors (Lipinski definition) is 2. The summed E-state index contributed by atoms with van der Waals surface area (Å²) < 4.78 is 0. The Hall–Kier alpha value is -1.14. The van der Waals surface area contributed by atoms with Crippen LogP contribution in [0.25, 0.3) is 0 Å². The van der Waals surface area contributed by atoms with Crippen LogP contribution >= 0.6 is 0 Å². The molecule has 0 aromatic heterocycles. The number of nitrogens with one attached hydrogen (secondary N) is 1. The number of aliphatic carboxylic acids is 1. The first-order valence-electron chi connectivity index (χ1n) is 6.59. The van der Waals surface area contributed by atoms with Gasteiger partial charge in [-0.1, -0.05) is 0 Å². The van der Waals surface area contributed by atoms with Crippen molar-refractivity contribution in [2.24, 2.45) is 0 Å². The number of carboxylic acid groups (broad SMARTS) is 1. The third-order valence-electron chi connectivity index (χ3n) is 3.60. The Balaban J connectivity index is 1.74. The van der Waals surface area contributed by atoms with Crippen LogP contribution in [0.5, 0.6) is 0 Å². The van der Waals surface area contributed by atoms with Gasteiger partial charge in [0.25, 0.3) is 0 Å². The highest BCUT2D eigenvalue weighted by molar-refractivity contribution is 5.78. The molecule has 2 rings (SSSR count). The first kappa shape index (κ1) is 13.3. The molecule has 0 bridgehead atoms. The largest absolute Gasteiger partial charge is 0.480 e. The molecule has 2 fully saturated rings. The van der Waals surface area contributed by atoms with Gasteiger partial charge in [-0.3, -0.25) is 19.4 Å². The van der Waals surface area contributed by atoms with Gasteiger partial charge in [-0.05, 0) is 19.4 Å². The monoisotopic (exact) mass is 255 g/mol. The number of carbonyl (C=O) groups excluding carboxylic acids is 1. The molecule has 18 heavy (non-hydrogen) atoms. The maximum Gasteiger partial charge on any atom is 0.317 e. The van der Waals surface area contributed by atoms with Gasteiger partial charge in [-0.25, -0.2) is 0 Å². The Morgan fingerprint density at radius 2 is 2.00 bits per heavy atom. The van der Waals surface area contributed by atoms with Crippen molar-refractivity contribution in [2.45, 2.75) is 25.3 Å². The third kappa shape index (κ3) is 3.96. The molecule has 2 aliphatic heterocycles.